The number of rotatable bonds is 0. The number of aromatic nitrogens is 4. The molecule has 1 saturated carbocycles. The van der Waals surface area contributed by atoms with Crippen molar-refractivity contribution in [3.8, 4) is 11.5 Å². The molecule has 6 bridgehead atoms. The summed E-state index contributed by atoms with van der Waals surface area (Å²) in [5.74, 6) is -0.307. The minimum atomic E-state index is -0.765. The van der Waals surface area contributed by atoms with E-state index in [0.29, 0.717) is 26.1 Å². The van der Waals surface area contributed by atoms with Gasteiger partial charge in [-0.2, -0.15) is 5.10 Å². The molecule has 166 valence electrons. The van der Waals surface area contributed by atoms with Crippen LogP contribution in [-0.4, -0.2) is 43.5 Å². The van der Waals surface area contributed by atoms with Gasteiger partial charge in [0.25, 0.3) is 11.3 Å². The van der Waals surface area contributed by atoms with E-state index in [9.17, 15) is 14.7 Å². The highest BCUT2D eigenvalue weighted by Crippen LogP contribution is 2.41. The van der Waals surface area contributed by atoms with Gasteiger partial charge in [0.15, 0.2) is 11.4 Å². The first-order chi connectivity index (χ1) is 15.6. The fourth-order valence-electron chi connectivity index (χ4n) is 4.76. The lowest BCUT2D eigenvalue weighted by molar-refractivity contribution is 0.0943. The molecule has 1 aliphatic heterocycles. The molecule has 0 aromatic carbocycles. The van der Waals surface area contributed by atoms with Crippen molar-refractivity contribution in [1.29, 1.82) is 0 Å². The molecule has 0 radical (unpaired) electrons. The van der Waals surface area contributed by atoms with E-state index in [2.05, 4.69) is 20.0 Å². The van der Waals surface area contributed by atoms with E-state index in [0.717, 1.165) is 42.5 Å². The van der Waals surface area contributed by atoms with Gasteiger partial charge in [-0.25, -0.2) is 4.98 Å². The topological polar surface area (TPSA) is 111 Å². The smallest absolute Gasteiger partial charge is 0.275 e. The molecule has 1 aliphatic carbocycles. The number of fused-ring (bicyclic) bond motifs is 3. The molecule has 0 atom stereocenters. The third-order valence-electron chi connectivity index (χ3n) is 6.31. The van der Waals surface area contributed by atoms with E-state index in [4.69, 9.17) is 4.74 Å². The third kappa shape index (κ3) is 3.53. The predicted molar refractivity (Wildman–Crippen MR) is 118 cm³/mol. The standard InChI is InChI=1S/C23H25N5O4/c29-17-14-27-15-23(8-2-3-9-23)28-12-7-16-18(6-11-24-21(16)28)32-13-5-1-4-10-25-22(31)19(26-27)20(17)30/h1,5-7,11-12,14,29H,2-4,8-10,13,15H2,(H,25,31)/b5-1+. The largest absolute Gasteiger partial charge is 0.503 e. The van der Waals surface area contributed by atoms with E-state index >= 15 is 0 Å². The highest BCUT2D eigenvalue weighted by atomic mass is 16.5. The van der Waals surface area contributed by atoms with Crippen LogP contribution in [0.15, 0.2) is 47.7 Å². The van der Waals surface area contributed by atoms with E-state index in [1.807, 2.05) is 30.5 Å². The van der Waals surface area contributed by atoms with Crippen LogP contribution in [0.3, 0.4) is 0 Å². The van der Waals surface area contributed by atoms with Gasteiger partial charge in [0, 0.05) is 18.9 Å². The zero-order chi connectivity index (χ0) is 22.1. The summed E-state index contributed by atoms with van der Waals surface area (Å²) in [5.41, 5.74) is -0.587. The van der Waals surface area contributed by atoms with Gasteiger partial charge in [0.2, 0.25) is 0 Å². The average molecular weight is 435 g/mol. The molecule has 1 fully saturated rings. The molecule has 1 spiro atoms. The molecule has 9 nitrogen and oxygen atoms in total. The minimum absolute atomic E-state index is 0.299. The van der Waals surface area contributed by atoms with Crippen LogP contribution in [0.1, 0.15) is 42.6 Å². The Morgan fingerprint density at radius 3 is 2.84 bits per heavy atom. The molecule has 1 amide bonds. The van der Waals surface area contributed by atoms with Crippen LogP contribution in [0, 0.1) is 0 Å². The van der Waals surface area contributed by atoms with Crippen LogP contribution < -0.4 is 15.5 Å². The van der Waals surface area contributed by atoms with Crippen LogP contribution in [0.5, 0.6) is 11.5 Å². The van der Waals surface area contributed by atoms with Crippen molar-refractivity contribution < 1.29 is 14.6 Å². The Morgan fingerprint density at radius 2 is 2.00 bits per heavy atom. The first kappa shape index (κ1) is 20.3. The molecule has 9 heteroatoms. The number of ether oxygens (including phenoxy) is 1. The number of nitrogens with zero attached hydrogens (tertiary/aromatic N) is 4. The van der Waals surface area contributed by atoms with E-state index in [-0.39, 0.29) is 11.2 Å². The van der Waals surface area contributed by atoms with Gasteiger partial charge in [0.05, 0.1) is 23.7 Å². The third-order valence-corrected chi connectivity index (χ3v) is 6.31. The van der Waals surface area contributed by atoms with Crippen molar-refractivity contribution >= 4 is 16.9 Å². The van der Waals surface area contributed by atoms with E-state index < -0.39 is 17.1 Å². The zero-order valence-corrected chi connectivity index (χ0v) is 17.7. The quantitative estimate of drug-likeness (QED) is 0.525. The molecule has 4 heterocycles. The predicted octanol–water partition coefficient (Wildman–Crippen LogP) is 2.34. The van der Waals surface area contributed by atoms with E-state index in [1.54, 1.807) is 6.20 Å². The number of carbonyl (C=O) groups excluding carboxylic acids is 1. The summed E-state index contributed by atoms with van der Waals surface area (Å²) in [5, 5.41) is 18.2. The Bertz CT molecular complexity index is 1250. The Labute approximate surface area is 184 Å². The number of nitrogens with one attached hydrogen (secondary N) is 1. The number of aromatic hydroxyl groups is 1. The van der Waals surface area contributed by atoms with Gasteiger partial charge in [-0.15, -0.1) is 0 Å². The lowest BCUT2D eigenvalue weighted by Gasteiger charge is -2.32. The van der Waals surface area contributed by atoms with Gasteiger partial charge < -0.3 is 19.7 Å². The molecular formula is C23H25N5O4. The minimum Gasteiger partial charge on any atom is -0.503 e. The molecule has 32 heavy (non-hydrogen) atoms. The fourth-order valence-corrected chi connectivity index (χ4v) is 4.76. The summed E-state index contributed by atoms with van der Waals surface area (Å²) in [7, 11) is 0. The molecule has 2 N–H and O–H groups in total. The van der Waals surface area contributed by atoms with Crippen LogP contribution in [-0.2, 0) is 12.1 Å². The maximum absolute atomic E-state index is 12.6. The summed E-state index contributed by atoms with van der Waals surface area (Å²) in [6.07, 6.45) is 13.3. The fraction of sp³-hybridized carbons (Fsp3) is 0.391. The summed E-state index contributed by atoms with van der Waals surface area (Å²) >= 11 is 0. The van der Waals surface area contributed by atoms with Gasteiger partial charge in [-0.3, -0.25) is 14.3 Å². The van der Waals surface area contributed by atoms with Crippen LogP contribution >= 0.6 is 0 Å². The molecule has 2 aliphatic rings. The molecule has 0 unspecified atom stereocenters. The number of amides is 1. The lowest BCUT2D eigenvalue weighted by Crippen LogP contribution is -2.38. The van der Waals surface area contributed by atoms with Gasteiger partial charge in [-0.05, 0) is 31.4 Å². The molecular weight excluding hydrogens is 410 g/mol. The Hall–Kier alpha value is -3.62. The van der Waals surface area contributed by atoms with Crippen molar-refractivity contribution in [2.75, 3.05) is 13.2 Å². The maximum Gasteiger partial charge on any atom is 0.275 e. The highest BCUT2D eigenvalue weighted by Gasteiger charge is 2.38. The number of hydrogen-bond donors (Lipinski definition) is 2. The zero-order valence-electron chi connectivity index (χ0n) is 17.7. The van der Waals surface area contributed by atoms with Crippen molar-refractivity contribution in [2.45, 2.75) is 44.2 Å². The highest BCUT2D eigenvalue weighted by molar-refractivity contribution is 5.92. The number of pyridine rings is 1. The Balaban J connectivity index is 1.66. The second-order valence-corrected chi connectivity index (χ2v) is 8.38. The first-order valence-corrected chi connectivity index (χ1v) is 10.9. The molecule has 5 rings (SSSR count). The average Bonchev–Trinajstić information content (AvgIpc) is 3.43. The van der Waals surface area contributed by atoms with Crippen molar-refractivity contribution in [2.24, 2.45) is 0 Å². The van der Waals surface area contributed by atoms with Gasteiger partial charge in [-0.1, -0.05) is 25.0 Å². The molecule has 0 saturated heterocycles. The van der Waals surface area contributed by atoms with Gasteiger partial charge >= 0.3 is 0 Å². The van der Waals surface area contributed by atoms with E-state index in [1.165, 1.54) is 10.9 Å². The summed E-state index contributed by atoms with van der Waals surface area (Å²) in [4.78, 5) is 29.6. The first-order valence-electron chi connectivity index (χ1n) is 10.9. The maximum atomic E-state index is 12.6. The summed E-state index contributed by atoms with van der Waals surface area (Å²) < 4.78 is 9.65. The van der Waals surface area contributed by atoms with Crippen molar-refractivity contribution in [1.82, 2.24) is 24.6 Å². The van der Waals surface area contributed by atoms with Crippen LogP contribution in [0.25, 0.3) is 11.0 Å². The van der Waals surface area contributed by atoms with Gasteiger partial charge in [0.1, 0.15) is 18.0 Å². The number of carbonyl (C=O) groups is 1. The monoisotopic (exact) mass is 435 g/mol. The SMILES string of the molecule is O=C1NCC/C=C/COc2ccnc3c2ccn3C2(CCCC2)Cn2cc(O)c(=O)c1n2. The van der Waals surface area contributed by atoms with Crippen molar-refractivity contribution in [3.05, 3.63) is 58.8 Å². The van der Waals surface area contributed by atoms with Crippen molar-refractivity contribution in [3.63, 3.8) is 0 Å². The summed E-state index contributed by atoms with van der Waals surface area (Å²) in [6, 6.07) is 3.88. The van der Waals surface area contributed by atoms with Crippen LogP contribution in [0.2, 0.25) is 0 Å². The molecule has 3 aromatic rings. The summed E-state index contributed by atoms with van der Waals surface area (Å²) in [6.45, 7) is 1.15. The number of hydrogen-bond acceptors (Lipinski definition) is 6. The second kappa shape index (κ2) is 8.14. The van der Waals surface area contributed by atoms with Crippen LogP contribution in [0.4, 0.5) is 0 Å². The second-order valence-electron chi connectivity index (χ2n) is 8.38. The molecule has 3 aromatic heterocycles. The normalized spacial score (nSPS) is 19.6. The Kier molecular flexibility index (Phi) is 5.16. The Morgan fingerprint density at radius 1 is 1.16 bits per heavy atom. The lowest BCUT2D eigenvalue weighted by atomic mass is 9.97.